The summed E-state index contributed by atoms with van der Waals surface area (Å²) in [6, 6.07) is 32.8. The van der Waals surface area contributed by atoms with E-state index in [0.717, 1.165) is 11.1 Å². The molecule has 15 aromatic rings. The predicted octanol–water partition coefficient (Wildman–Crippen LogP) is 21.7. The summed E-state index contributed by atoms with van der Waals surface area (Å²) >= 11 is 0. The number of aromatic nitrogens is 1. The molecule has 0 aliphatic carbocycles. The van der Waals surface area contributed by atoms with E-state index in [-0.39, 0.29) is 71.9 Å². The summed E-state index contributed by atoms with van der Waals surface area (Å²) in [4.78, 5) is 3.85. The lowest BCUT2D eigenvalue weighted by Crippen LogP contribution is -2.65. The molecule has 1 aromatic heterocycles. The largest absolute Gasteiger partial charge is 0.459 e. The molecular weight excluding hydrogens is 1230 g/mol. The average molecular weight is 1330 g/mol. The minimum Gasteiger partial charge on any atom is -0.459 e. The van der Waals surface area contributed by atoms with Gasteiger partial charge >= 0.3 is 0 Å². The van der Waals surface area contributed by atoms with Crippen LogP contribution >= 0.6 is 0 Å². The van der Waals surface area contributed by atoms with Crippen molar-refractivity contribution in [1.29, 1.82) is 0 Å². The zero-order valence-electron chi connectivity index (χ0n) is 81.4. The monoisotopic (exact) mass is 1330 g/mol. The van der Waals surface area contributed by atoms with Crippen LogP contribution in [0.25, 0.3) is 94.3 Å². The summed E-state index contributed by atoms with van der Waals surface area (Å²) in [5.41, 5.74) is 2.58. The molecule has 0 atom stereocenters. The normalized spacial score (nSPS) is 16.6. The molecule has 6 heteroatoms. The Labute approximate surface area is 633 Å². The van der Waals surface area contributed by atoms with Crippen LogP contribution in [-0.4, -0.2) is 18.0 Å². The van der Waals surface area contributed by atoms with Gasteiger partial charge in [0.1, 0.15) is 11.5 Å². The van der Waals surface area contributed by atoms with Crippen LogP contribution < -0.4 is 47.3 Å². The first-order valence-electron chi connectivity index (χ1n) is 46.3. The highest BCUT2D eigenvalue weighted by Crippen LogP contribution is 2.57. The van der Waals surface area contributed by atoms with E-state index >= 15 is 0 Å². The Balaban J connectivity index is 1.13. The third kappa shape index (κ3) is 9.59. The molecule has 4 aliphatic rings. The molecule has 0 radical (unpaired) electrons. The van der Waals surface area contributed by atoms with Crippen molar-refractivity contribution in [2.45, 2.75) is 78.6 Å². The van der Waals surface area contributed by atoms with Gasteiger partial charge in [0.05, 0.1) is 49.8 Å². The van der Waals surface area contributed by atoms with Gasteiger partial charge in [0, 0.05) is 67.0 Å². The number of hydrogen-bond donors (Lipinski definition) is 0. The molecular formula is C96H77B2N3O. The highest BCUT2D eigenvalue weighted by atomic mass is 16.5. The molecule has 4 nitrogen and oxygen atoms in total. The molecule has 0 saturated carbocycles. The zero-order valence-corrected chi connectivity index (χ0v) is 57.4. The Hall–Kier alpha value is -11.6. The Kier molecular flexibility index (Phi) is 9.29. The van der Waals surface area contributed by atoms with Crippen molar-refractivity contribution in [3.05, 3.63) is 319 Å². The molecule has 4 aliphatic heterocycles. The second-order valence-corrected chi connectivity index (χ2v) is 29.7. The van der Waals surface area contributed by atoms with Crippen molar-refractivity contribution in [2.75, 3.05) is 9.80 Å². The number of fused-ring (bicyclic) bond motifs is 12. The zero-order chi connectivity index (χ0) is 90.0. The second kappa shape index (κ2) is 23.0. The number of ether oxygens (including phenoxy) is 1. The summed E-state index contributed by atoms with van der Waals surface area (Å²) in [6.45, 7) is 15.1. The molecule has 0 amide bonds. The molecule has 0 fully saturated rings. The van der Waals surface area contributed by atoms with Crippen LogP contribution in [0.5, 0.6) is 11.5 Å². The van der Waals surface area contributed by atoms with Crippen molar-refractivity contribution in [2.24, 2.45) is 0 Å². The van der Waals surface area contributed by atoms with E-state index in [1.165, 1.54) is 4.57 Å². The maximum atomic E-state index is 12.3. The molecule has 102 heavy (non-hydrogen) atoms. The van der Waals surface area contributed by atoms with Gasteiger partial charge in [0.15, 0.2) is 0 Å². The molecule has 0 spiro atoms. The lowest BCUT2D eigenvalue weighted by molar-refractivity contribution is 0.491. The van der Waals surface area contributed by atoms with Crippen LogP contribution in [0.1, 0.15) is 112 Å². The first kappa shape index (κ1) is 41.2. The fourth-order valence-corrected chi connectivity index (χ4v) is 15.5. The van der Waals surface area contributed by atoms with Gasteiger partial charge in [-0.05, 0) is 171 Å². The minimum absolute atomic E-state index is 0.0824. The van der Waals surface area contributed by atoms with Gasteiger partial charge in [-0.3, -0.25) is 0 Å². The number of hydrogen-bond acceptors (Lipinski definition) is 3. The van der Waals surface area contributed by atoms with E-state index in [4.69, 9.17) is 10.2 Å². The topological polar surface area (TPSA) is 20.6 Å². The number of rotatable bonds is 8. The molecule has 0 unspecified atom stereocenters. The third-order valence-corrected chi connectivity index (χ3v) is 20.4. The Morgan fingerprint density at radius 3 is 1.25 bits per heavy atom. The van der Waals surface area contributed by atoms with E-state index in [2.05, 4.69) is 65.8 Å². The maximum absolute atomic E-state index is 12.3. The van der Waals surface area contributed by atoms with Crippen LogP contribution in [0.3, 0.4) is 0 Å². The Morgan fingerprint density at radius 2 is 0.755 bits per heavy atom. The van der Waals surface area contributed by atoms with Gasteiger partial charge in [-0.1, -0.05) is 304 Å². The average Bonchev–Trinajstić information content (AvgIpc) is 1.24. The van der Waals surface area contributed by atoms with Gasteiger partial charge in [-0.2, -0.15) is 0 Å². The Morgan fingerprint density at radius 1 is 0.324 bits per heavy atom. The number of para-hydroxylation sites is 2. The first-order chi connectivity index (χ1) is 59.5. The SMILES string of the molecule is [2H]c1c([2H])c([2H])c(-c2c([2H])c([2H])c3c(c2[2H])Oc2c4c(c([2H])c5c2B3c2c([2H])c([2H])c([2H])c3c6c([2H])c([2H])c([2H])c([2H])c6n-5c23)N(c2c(-c3ccccc3)cc(C(C)(C)C)cc2-c2ccccc2)c2cc(C(C)(C)C)cc3c2B4c2c([2H])c([2H])c(-c4c([2H])c([2H])c([2H])c([2H])c4[2H])c([2H])c2N3c2c(-c3ccccc3)cc(C(C)(C)C)cc2-c2ccccc2)c([2H])c1[2H]. The maximum Gasteiger partial charge on any atom is 0.256 e. The van der Waals surface area contributed by atoms with Crippen molar-refractivity contribution >= 4 is 102 Å². The summed E-state index contributed by atoms with van der Waals surface area (Å²) in [7, 11) is 0. The Bertz CT molecular complexity index is 7250. The van der Waals surface area contributed by atoms with Gasteiger partial charge in [-0.15, -0.1) is 0 Å². The first-order valence-corrected chi connectivity index (χ1v) is 34.3. The molecule has 0 N–H and O–H groups in total. The molecule has 0 saturated heterocycles. The van der Waals surface area contributed by atoms with Crippen LogP contribution in [-0.2, 0) is 16.2 Å². The summed E-state index contributed by atoms with van der Waals surface area (Å²) in [5, 5.41) is -0.548. The molecule has 14 aromatic carbocycles. The van der Waals surface area contributed by atoms with E-state index < -0.39 is 203 Å². The summed E-state index contributed by atoms with van der Waals surface area (Å²) in [6.07, 6.45) is 0. The molecule has 5 heterocycles. The van der Waals surface area contributed by atoms with Gasteiger partial charge in [0.2, 0.25) is 0 Å². The molecule has 488 valence electrons. The van der Waals surface area contributed by atoms with Crippen molar-refractivity contribution in [3.8, 4) is 83.9 Å². The molecule has 0 bridgehead atoms. The van der Waals surface area contributed by atoms with E-state index in [0.29, 0.717) is 78.3 Å². The summed E-state index contributed by atoms with van der Waals surface area (Å²) in [5.74, 6) is -0.944. The number of nitrogens with zero attached hydrogens (tertiary/aromatic N) is 3. The van der Waals surface area contributed by atoms with Crippen molar-refractivity contribution in [3.63, 3.8) is 0 Å². The lowest BCUT2D eigenvalue weighted by atomic mass is 9.30. The van der Waals surface area contributed by atoms with Gasteiger partial charge in [0.25, 0.3) is 13.4 Å². The standard InChI is InChI=1S/C96H77B2N3O/c1-94(2,3)68-53-73(62-35-20-12-21-36-62)90(74(54-68)63-37-22-13-23-38-63)100-81-51-66(60-31-16-10-17-32-60)47-49-77(81)98-87-82(100)57-70(96(7,8)9)58-83(87)101(91-75(64-39-24-14-25-40-64)55-69(95(4,5)6)56-76(91)65-41-26-15-27-42-65)85-59-84-88-93(89(85)98)102-86-52-67(61-33-18-11-19-34-61)48-50-78(86)97(88)79-45-30-44-72-71-43-28-29-46-80(71)99(84)92(72)79/h10-59H,1-9H3/i10D,11D,16D,17D,18D,19D,28D,29D,30D,31D,32D,33D,34D,43D,44D,45D,46D,47D,48D,49D,50D,51D,52D,59D. The fraction of sp³-hybridized carbons (Fsp3) is 0.125. The summed E-state index contributed by atoms with van der Waals surface area (Å²) < 4.78 is 250. The van der Waals surface area contributed by atoms with Crippen molar-refractivity contribution in [1.82, 2.24) is 4.57 Å². The second-order valence-electron chi connectivity index (χ2n) is 29.7. The van der Waals surface area contributed by atoms with Gasteiger partial charge < -0.3 is 19.1 Å². The van der Waals surface area contributed by atoms with Crippen LogP contribution in [0.2, 0.25) is 0 Å². The highest BCUT2D eigenvalue weighted by Gasteiger charge is 2.52. The predicted molar refractivity (Wildman–Crippen MR) is 435 cm³/mol. The quantitative estimate of drug-likeness (QED) is 0.141. The lowest BCUT2D eigenvalue weighted by Gasteiger charge is -2.48. The van der Waals surface area contributed by atoms with Crippen LogP contribution in [0.15, 0.2) is 303 Å². The van der Waals surface area contributed by atoms with Crippen LogP contribution in [0.4, 0.5) is 34.1 Å². The van der Waals surface area contributed by atoms with Crippen LogP contribution in [0, 0.1) is 0 Å². The number of anilines is 6. The highest BCUT2D eigenvalue weighted by molar-refractivity contribution is 7.03. The fourth-order valence-electron chi connectivity index (χ4n) is 15.5. The third-order valence-electron chi connectivity index (χ3n) is 20.4. The number of benzene rings is 14. The van der Waals surface area contributed by atoms with E-state index in [1.807, 2.05) is 164 Å². The van der Waals surface area contributed by atoms with E-state index in [1.54, 1.807) is 0 Å². The van der Waals surface area contributed by atoms with Crippen molar-refractivity contribution < 1.29 is 37.6 Å². The smallest absolute Gasteiger partial charge is 0.256 e. The molecule has 19 rings (SSSR count). The minimum atomic E-state index is -1.83. The van der Waals surface area contributed by atoms with Gasteiger partial charge in [-0.25, -0.2) is 0 Å². The van der Waals surface area contributed by atoms with E-state index in [9.17, 15) is 27.4 Å².